The normalized spacial score (nSPS) is 11.4. The van der Waals surface area contributed by atoms with Crippen LogP contribution >= 0.6 is 23.4 Å². The quantitative estimate of drug-likeness (QED) is 0.576. The van der Waals surface area contributed by atoms with Crippen molar-refractivity contribution in [1.29, 1.82) is 0 Å². The molecule has 0 fully saturated rings. The third-order valence-corrected chi connectivity index (χ3v) is 3.77. The summed E-state index contributed by atoms with van der Waals surface area (Å²) in [5.74, 6) is 3.90. The predicted octanol–water partition coefficient (Wildman–Crippen LogP) is 4.71. The summed E-state index contributed by atoms with van der Waals surface area (Å²) >= 11 is 7.86. The van der Waals surface area contributed by atoms with Crippen LogP contribution in [0.25, 0.3) is 0 Å². The molecule has 2 aromatic rings. The SMILES string of the molecule is ClC(CSC#Cc1ccccc1)c1ccccc1. The molecular weight excluding hydrogens is 260 g/mol. The van der Waals surface area contributed by atoms with Crippen molar-refractivity contribution in [2.75, 3.05) is 5.75 Å². The minimum atomic E-state index is 0.0151. The highest BCUT2D eigenvalue weighted by Gasteiger charge is 2.05. The highest BCUT2D eigenvalue weighted by Crippen LogP contribution is 2.24. The first kappa shape index (κ1) is 13.1. The fourth-order valence-electron chi connectivity index (χ4n) is 1.49. The van der Waals surface area contributed by atoms with Gasteiger partial charge < -0.3 is 0 Å². The van der Waals surface area contributed by atoms with E-state index in [9.17, 15) is 0 Å². The van der Waals surface area contributed by atoms with Crippen LogP contribution in [0.3, 0.4) is 0 Å². The fraction of sp³-hybridized carbons (Fsp3) is 0.125. The lowest BCUT2D eigenvalue weighted by atomic mass is 10.2. The Labute approximate surface area is 117 Å². The molecule has 2 aromatic carbocycles. The molecule has 18 heavy (non-hydrogen) atoms. The molecule has 0 bridgehead atoms. The molecule has 0 aromatic heterocycles. The van der Waals surface area contributed by atoms with E-state index in [-0.39, 0.29) is 5.38 Å². The second kappa shape index (κ2) is 7.16. The van der Waals surface area contributed by atoms with Crippen LogP contribution in [0.2, 0.25) is 0 Å². The van der Waals surface area contributed by atoms with Gasteiger partial charge in [-0.25, -0.2) is 0 Å². The zero-order chi connectivity index (χ0) is 12.6. The average Bonchev–Trinajstić information content (AvgIpc) is 2.45. The third kappa shape index (κ3) is 4.14. The van der Waals surface area contributed by atoms with Crippen LogP contribution in [0.5, 0.6) is 0 Å². The number of benzene rings is 2. The van der Waals surface area contributed by atoms with Crippen molar-refractivity contribution in [3.05, 3.63) is 71.8 Å². The molecule has 0 saturated heterocycles. The van der Waals surface area contributed by atoms with E-state index in [0.717, 1.165) is 16.9 Å². The Morgan fingerprint density at radius 3 is 2.22 bits per heavy atom. The van der Waals surface area contributed by atoms with Gasteiger partial charge in [-0.1, -0.05) is 66.2 Å². The molecule has 0 N–H and O–H groups in total. The van der Waals surface area contributed by atoms with Crippen LogP contribution in [-0.2, 0) is 0 Å². The van der Waals surface area contributed by atoms with Crippen LogP contribution < -0.4 is 0 Å². The van der Waals surface area contributed by atoms with Gasteiger partial charge in [0.05, 0.1) is 5.38 Å². The summed E-state index contributed by atoms with van der Waals surface area (Å²) in [5, 5.41) is 3.10. The molecule has 2 heteroatoms. The summed E-state index contributed by atoms with van der Waals surface area (Å²) in [6, 6.07) is 20.1. The van der Waals surface area contributed by atoms with E-state index in [1.807, 2.05) is 60.7 Å². The lowest BCUT2D eigenvalue weighted by Gasteiger charge is -2.06. The minimum absolute atomic E-state index is 0.0151. The Morgan fingerprint density at radius 1 is 0.944 bits per heavy atom. The van der Waals surface area contributed by atoms with Gasteiger partial charge in [0.25, 0.3) is 0 Å². The maximum absolute atomic E-state index is 6.30. The van der Waals surface area contributed by atoms with Crippen molar-refractivity contribution in [3.63, 3.8) is 0 Å². The first-order chi connectivity index (χ1) is 8.86. The molecule has 0 spiro atoms. The van der Waals surface area contributed by atoms with Crippen molar-refractivity contribution in [3.8, 4) is 11.2 Å². The van der Waals surface area contributed by atoms with E-state index in [1.54, 1.807) is 11.8 Å². The number of halogens is 1. The van der Waals surface area contributed by atoms with Gasteiger partial charge in [0.2, 0.25) is 0 Å². The highest BCUT2D eigenvalue weighted by atomic mass is 35.5. The van der Waals surface area contributed by atoms with Crippen molar-refractivity contribution < 1.29 is 0 Å². The summed E-state index contributed by atoms with van der Waals surface area (Å²) in [5.41, 5.74) is 2.18. The van der Waals surface area contributed by atoms with E-state index in [2.05, 4.69) is 11.2 Å². The van der Waals surface area contributed by atoms with E-state index in [1.165, 1.54) is 0 Å². The monoisotopic (exact) mass is 272 g/mol. The van der Waals surface area contributed by atoms with Gasteiger partial charge in [-0.05, 0) is 22.9 Å². The maximum atomic E-state index is 6.30. The molecule has 1 unspecified atom stereocenters. The van der Waals surface area contributed by atoms with E-state index in [4.69, 9.17) is 11.6 Å². The van der Waals surface area contributed by atoms with Crippen LogP contribution in [0.1, 0.15) is 16.5 Å². The Balaban J connectivity index is 1.85. The molecule has 0 aliphatic rings. The zero-order valence-electron chi connectivity index (χ0n) is 9.84. The second-order valence-electron chi connectivity index (χ2n) is 3.78. The van der Waals surface area contributed by atoms with E-state index < -0.39 is 0 Å². The lowest BCUT2D eigenvalue weighted by Crippen LogP contribution is -1.92. The number of alkyl halides is 1. The molecule has 0 aliphatic heterocycles. The number of hydrogen-bond acceptors (Lipinski definition) is 1. The first-order valence-electron chi connectivity index (χ1n) is 5.73. The lowest BCUT2D eigenvalue weighted by molar-refractivity contribution is 1.10. The van der Waals surface area contributed by atoms with Gasteiger partial charge >= 0.3 is 0 Å². The summed E-state index contributed by atoms with van der Waals surface area (Å²) in [6.07, 6.45) is 0. The summed E-state index contributed by atoms with van der Waals surface area (Å²) in [6.45, 7) is 0. The largest absolute Gasteiger partial charge is 0.117 e. The molecule has 0 aliphatic carbocycles. The molecule has 0 amide bonds. The first-order valence-corrected chi connectivity index (χ1v) is 7.15. The van der Waals surface area contributed by atoms with Crippen molar-refractivity contribution in [2.45, 2.75) is 5.38 Å². The van der Waals surface area contributed by atoms with Gasteiger partial charge in [0.15, 0.2) is 0 Å². The van der Waals surface area contributed by atoms with Gasteiger partial charge in [-0.2, -0.15) is 0 Å². The molecule has 0 saturated carbocycles. The zero-order valence-corrected chi connectivity index (χ0v) is 11.4. The summed E-state index contributed by atoms with van der Waals surface area (Å²) < 4.78 is 0. The number of thioether (sulfide) groups is 1. The van der Waals surface area contributed by atoms with Crippen molar-refractivity contribution in [1.82, 2.24) is 0 Å². The second-order valence-corrected chi connectivity index (χ2v) is 5.14. The molecule has 0 nitrogen and oxygen atoms in total. The van der Waals surface area contributed by atoms with Crippen LogP contribution in [0.15, 0.2) is 60.7 Å². The molecule has 90 valence electrons. The van der Waals surface area contributed by atoms with E-state index in [0.29, 0.717) is 0 Å². The van der Waals surface area contributed by atoms with Gasteiger partial charge in [-0.3, -0.25) is 0 Å². The topological polar surface area (TPSA) is 0 Å². The van der Waals surface area contributed by atoms with Crippen molar-refractivity contribution in [2.24, 2.45) is 0 Å². The number of rotatable bonds is 3. The summed E-state index contributed by atoms with van der Waals surface area (Å²) in [4.78, 5) is 0. The van der Waals surface area contributed by atoms with Crippen molar-refractivity contribution >= 4 is 23.4 Å². The van der Waals surface area contributed by atoms with Crippen LogP contribution in [-0.4, -0.2) is 5.75 Å². The standard InChI is InChI=1S/C16H13ClS/c17-16(15-9-5-2-6-10-15)13-18-12-11-14-7-3-1-4-8-14/h1-10,16H,13H2. The third-order valence-electron chi connectivity index (χ3n) is 2.43. The molecule has 1 atom stereocenters. The highest BCUT2D eigenvalue weighted by molar-refractivity contribution is 8.03. The molecule has 0 radical (unpaired) electrons. The smallest absolute Gasteiger partial charge is 0.0685 e. The molecule has 0 heterocycles. The summed E-state index contributed by atoms with van der Waals surface area (Å²) in [7, 11) is 0. The molecular formula is C16H13ClS. The average molecular weight is 273 g/mol. The Morgan fingerprint density at radius 2 is 1.56 bits per heavy atom. The Bertz CT molecular complexity index is 525. The Kier molecular flexibility index (Phi) is 5.20. The van der Waals surface area contributed by atoms with E-state index >= 15 is 0 Å². The predicted molar refractivity (Wildman–Crippen MR) is 80.8 cm³/mol. The Hall–Kier alpha value is -1.36. The maximum Gasteiger partial charge on any atom is 0.0685 e. The molecule has 2 rings (SSSR count). The van der Waals surface area contributed by atoms with Gasteiger partial charge in [0.1, 0.15) is 0 Å². The fourth-order valence-corrected chi connectivity index (χ4v) is 2.44. The minimum Gasteiger partial charge on any atom is -0.117 e. The van der Waals surface area contributed by atoms with Crippen LogP contribution in [0.4, 0.5) is 0 Å². The van der Waals surface area contributed by atoms with Crippen LogP contribution in [0, 0.1) is 11.2 Å². The number of hydrogen-bond donors (Lipinski definition) is 0. The van der Waals surface area contributed by atoms with Gasteiger partial charge in [-0.15, -0.1) is 11.6 Å². The van der Waals surface area contributed by atoms with Gasteiger partial charge in [0, 0.05) is 11.3 Å².